The van der Waals surface area contributed by atoms with Crippen LogP contribution in [0.15, 0.2) is 54.6 Å². The predicted molar refractivity (Wildman–Crippen MR) is 123 cm³/mol. The van der Waals surface area contributed by atoms with E-state index in [1.165, 1.54) is 4.90 Å². The van der Waals surface area contributed by atoms with Gasteiger partial charge >= 0.3 is 6.09 Å². The molecule has 0 aliphatic carbocycles. The predicted octanol–water partition coefficient (Wildman–Crippen LogP) is 5.15. The Hall–Kier alpha value is -2.75. The maximum absolute atomic E-state index is 12.9. The third kappa shape index (κ3) is 7.46. The molecule has 0 spiro atoms. The van der Waals surface area contributed by atoms with Crippen LogP contribution in [0.25, 0.3) is 11.1 Å². The first-order chi connectivity index (χ1) is 14.8. The van der Waals surface area contributed by atoms with Crippen LogP contribution in [-0.2, 0) is 9.53 Å². The van der Waals surface area contributed by atoms with Crippen molar-refractivity contribution in [3.63, 3.8) is 0 Å². The third-order valence-corrected chi connectivity index (χ3v) is 4.68. The Kier molecular flexibility index (Phi) is 9.64. The zero-order chi connectivity index (χ0) is 22.8. The summed E-state index contributed by atoms with van der Waals surface area (Å²) < 4.78 is 5.23. The molecule has 0 saturated carbocycles. The topological polar surface area (TPSA) is 82.4 Å². The Morgan fingerprint density at radius 1 is 1.06 bits per heavy atom. The molecule has 31 heavy (non-hydrogen) atoms. The Bertz CT molecular complexity index is 897. The number of carbonyl (C=O) groups excluding carboxylic acids is 2. The number of hydrogen-bond acceptors (Lipinski definition) is 4. The summed E-state index contributed by atoms with van der Waals surface area (Å²) in [6.07, 6.45) is -0.366. The lowest BCUT2D eigenvalue weighted by Crippen LogP contribution is -2.51. The van der Waals surface area contributed by atoms with E-state index in [1.807, 2.05) is 62.4 Å². The molecule has 2 aromatic carbocycles. The molecule has 1 unspecified atom stereocenters. The lowest BCUT2D eigenvalue weighted by Gasteiger charge is -2.31. The number of rotatable bonds is 9. The molecule has 2 aromatic rings. The van der Waals surface area contributed by atoms with Crippen LogP contribution in [0.4, 0.5) is 10.5 Å². The summed E-state index contributed by atoms with van der Waals surface area (Å²) in [5, 5.41) is 11.4. The molecule has 8 heteroatoms. The van der Waals surface area contributed by atoms with E-state index in [0.29, 0.717) is 12.1 Å². The van der Waals surface area contributed by atoms with Gasteiger partial charge in [-0.1, -0.05) is 56.3 Å². The van der Waals surface area contributed by atoms with Gasteiger partial charge < -0.3 is 10.1 Å². The van der Waals surface area contributed by atoms with Crippen LogP contribution in [0, 0.1) is 17.2 Å². The number of benzene rings is 2. The molecule has 0 aromatic heterocycles. The van der Waals surface area contributed by atoms with Crippen molar-refractivity contribution >= 4 is 40.9 Å². The standard InChI is InChI=1S/C23H25Cl2N3O3/c1-16(2)14-20(22(29)27-13-12-26)28(23(30)31-15-21(24)25)19-10-8-18(9-11-19)17-6-4-3-5-7-17/h3-11,16,20-21H,13-15H2,1-2H3,(H,27,29). The van der Waals surface area contributed by atoms with Crippen molar-refractivity contribution < 1.29 is 14.3 Å². The monoisotopic (exact) mass is 461 g/mol. The summed E-state index contributed by atoms with van der Waals surface area (Å²) in [5.41, 5.74) is 2.48. The maximum Gasteiger partial charge on any atom is 0.415 e. The fourth-order valence-corrected chi connectivity index (χ4v) is 3.21. The Balaban J connectivity index is 2.41. The van der Waals surface area contributed by atoms with Gasteiger partial charge in [0.2, 0.25) is 5.91 Å². The van der Waals surface area contributed by atoms with Crippen LogP contribution in [0.5, 0.6) is 0 Å². The summed E-state index contributed by atoms with van der Waals surface area (Å²) in [4.78, 5) is 26.2. The van der Waals surface area contributed by atoms with Crippen LogP contribution in [0.1, 0.15) is 20.3 Å². The normalized spacial score (nSPS) is 11.6. The van der Waals surface area contributed by atoms with Gasteiger partial charge in [-0.3, -0.25) is 9.69 Å². The molecule has 6 nitrogen and oxygen atoms in total. The van der Waals surface area contributed by atoms with Gasteiger partial charge in [0.15, 0.2) is 0 Å². The van der Waals surface area contributed by atoms with E-state index in [-0.39, 0.29) is 19.1 Å². The quantitative estimate of drug-likeness (QED) is 0.413. The first-order valence-corrected chi connectivity index (χ1v) is 10.7. The maximum atomic E-state index is 12.9. The largest absolute Gasteiger partial charge is 0.446 e. The van der Waals surface area contributed by atoms with Crippen molar-refractivity contribution in [2.24, 2.45) is 5.92 Å². The highest BCUT2D eigenvalue weighted by molar-refractivity contribution is 6.44. The number of halogens is 2. The Morgan fingerprint density at radius 2 is 1.68 bits per heavy atom. The zero-order valence-corrected chi connectivity index (χ0v) is 18.9. The molecule has 0 fully saturated rings. The van der Waals surface area contributed by atoms with E-state index in [2.05, 4.69) is 5.32 Å². The van der Waals surface area contributed by atoms with E-state index in [1.54, 1.807) is 12.1 Å². The molecular formula is C23H25Cl2N3O3. The second kappa shape index (κ2) is 12.2. The number of anilines is 1. The smallest absolute Gasteiger partial charge is 0.415 e. The van der Waals surface area contributed by atoms with Gasteiger partial charge in [-0.2, -0.15) is 5.26 Å². The van der Waals surface area contributed by atoms with Gasteiger partial charge in [0, 0.05) is 5.69 Å². The van der Waals surface area contributed by atoms with Crippen molar-refractivity contribution in [1.29, 1.82) is 5.26 Å². The van der Waals surface area contributed by atoms with Gasteiger partial charge in [0.25, 0.3) is 0 Å². The number of carbonyl (C=O) groups is 2. The molecule has 2 amide bonds. The zero-order valence-electron chi connectivity index (χ0n) is 17.4. The number of nitrogens with one attached hydrogen (secondary N) is 1. The molecule has 0 saturated heterocycles. The molecule has 0 heterocycles. The number of hydrogen-bond donors (Lipinski definition) is 1. The SMILES string of the molecule is CC(C)CC(C(=O)NCC#N)N(C(=O)OCC(Cl)Cl)c1ccc(-c2ccccc2)cc1. The Labute approximate surface area is 192 Å². The van der Waals surface area contributed by atoms with Gasteiger partial charge in [-0.25, -0.2) is 4.79 Å². The number of nitriles is 1. The average molecular weight is 462 g/mol. The molecular weight excluding hydrogens is 437 g/mol. The third-order valence-electron chi connectivity index (χ3n) is 4.43. The minimum atomic E-state index is -0.887. The number of amides is 2. The summed E-state index contributed by atoms with van der Waals surface area (Å²) in [5.74, 6) is -0.335. The number of ether oxygens (including phenoxy) is 1. The summed E-state index contributed by atoms with van der Waals surface area (Å²) in [6.45, 7) is 3.52. The highest BCUT2D eigenvalue weighted by Gasteiger charge is 2.33. The summed E-state index contributed by atoms with van der Waals surface area (Å²) in [6, 6.07) is 18.1. The molecule has 1 atom stereocenters. The minimum Gasteiger partial charge on any atom is -0.446 e. The molecule has 0 radical (unpaired) electrons. The molecule has 1 N–H and O–H groups in total. The van der Waals surface area contributed by atoms with Crippen molar-refractivity contribution in [3.05, 3.63) is 54.6 Å². The lowest BCUT2D eigenvalue weighted by molar-refractivity contribution is -0.122. The van der Waals surface area contributed by atoms with E-state index in [9.17, 15) is 9.59 Å². The highest BCUT2D eigenvalue weighted by atomic mass is 35.5. The van der Waals surface area contributed by atoms with E-state index in [0.717, 1.165) is 11.1 Å². The highest BCUT2D eigenvalue weighted by Crippen LogP contribution is 2.27. The van der Waals surface area contributed by atoms with E-state index in [4.69, 9.17) is 33.2 Å². The van der Waals surface area contributed by atoms with Gasteiger partial charge in [-0.15, -0.1) is 23.2 Å². The first-order valence-electron chi connectivity index (χ1n) is 9.87. The molecule has 2 rings (SSSR count). The van der Waals surface area contributed by atoms with Crippen molar-refractivity contribution in [3.8, 4) is 17.2 Å². The molecule has 0 aliphatic rings. The second-order valence-corrected chi connectivity index (χ2v) is 8.55. The van der Waals surface area contributed by atoms with E-state index >= 15 is 0 Å². The van der Waals surface area contributed by atoms with Crippen molar-refractivity contribution in [2.75, 3.05) is 18.1 Å². The molecule has 164 valence electrons. The van der Waals surface area contributed by atoms with Crippen molar-refractivity contribution in [1.82, 2.24) is 5.32 Å². The van der Waals surface area contributed by atoms with Crippen LogP contribution in [-0.4, -0.2) is 36.0 Å². The summed E-state index contributed by atoms with van der Waals surface area (Å²) in [7, 11) is 0. The number of alkyl halides is 2. The second-order valence-electron chi connectivity index (χ2n) is 7.27. The van der Waals surface area contributed by atoms with Crippen LogP contribution >= 0.6 is 23.2 Å². The van der Waals surface area contributed by atoms with Gasteiger partial charge in [0.05, 0.1) is 6.07 Å². The van der Waals surface area contributed by atoms with Gasteiger partial charge in [-0.05, 0) is 35.6 Å². The average Bonchev–Trinajstić information content (AvgIpc) is 2.76. The van der Waals surface area contributed by atoms with Gasteiger partial charge in [0.1, 0.15) is 24.0 Å². The minimum absolute atomic E-state index is 0.102. The van der Waals surface area contributed by atoms with Crippen LogP contribution < -0.4 is 10.2 Å². The molecule has 0 aliphatic heterocycles. The van der Waals surface area contributed by atoms with Crippen molar-refractivity contribution in [2.45, 2.75) is 31.1 Å². The fourth-order valence-electron chi connectivity index (χ4n) is 3.08. The first kappa shape index (κ1) is 24.5. The lowest BCUT2D eigenvalue weighted by atomic mass is 10.00. The van der Waals surface area contributed by atoms with E-state index < -0.39 is 22.9 Å². The molecule has 0 bridgehead atoms. The Morgan fingerprint density at radius 3 is 2.23 bits per heavy atom. The number of nitrogens with zero attached hydrogens (tertiary/aromatic N) is 2. The van der Waals surface area contributed by atoms with Crippen LogP contribution in [0.2, 0.25) is 0 Å². The van der Waals surface area contributed by atoms with Crippen LogP contribution in [0.3, 0.4) is 0 Å². The summed E-state index contributed by atoms with van der Waals surface area (Å²) >= 11 is 11.4. The fraction of sp³-hybridized carbons (Fsp3) is 0.348.